The summed E-state index contributed by atoms with van der Waals surface area (Å²) in [5.74, 6) is 0.913. The standard InChI is InChI=1S/C70H136O17P2/c1-9-62(7)48-40-32-24-15-11-12-16-28-36-44-52-69(74)86-65(57-81-68(73)51-43-35-27-21-19-25-33-41-49-63(8)10-2)58-84-88(76,77)82-54-64(71)55-83-89(78,79)85-59-66(56-80-67(72)50-42-34-26-20-18-23-31-39-47-61(5)6)87-70(75)53-45-37-29-17-13-14-22-30-38-46-60(3)4/h60-66,71H,9-59H2,1-8H3,(H,76,77)(H,78,79)/t62?,63?,64?,65-,66-/m1/s1. The van der Waals surface area contributed by atoms with Crippen molar-refractivity contribution in [2.45, 2.75) is 363 Å². The van der Waals surface area contributed by atoms with Crippen LogP contribution in [0.5, 0.6) is 0 Å². The Morgan fingerprint density at radius 2 is 0.539 bits per heavy atom. The van der Waals surface area contributed by atoms with Crippen molar-refractivity contribution in [3.63, 3.8) is 0 Å². The van der Waals surface area contributed by atoms with Gasteiger partial charge in [-0.25, -0.2) is 9.13 Å². The number of carbonyl (C=O) groups excluding carboxylic acids is 4. The fourth-order valence-corrected chi connectivity index (χ4v) is 12.0. The first-order valence-corrected chi connectivity index (χ1v) is 39.3. The molecule has 528 valence electrons. The Morgan fingerprint density at radius 1 is 0.315 bits per heavy atom. The van der Waals surface area contributed by atoms with Gasteiger partial charge in [0.25, 0.3) is 0 Å². The second kappa shape index (κ2) is 59.8. The Kier molecular flexibility index (Phi) is 58.5. The fourth-order valence-electron chi connectivity index (χ4n) is 10.4. The minimum Gasteiger partial charge on any atom is -0.462 e. The van der Waals surface area contributed by atoms with Crippen molar-refractivity contribution in [1.82, 2.24) is 0 Å². The molecule has 0 rings (SSSR count). The quantitative estimate of drug-likeness (QED) is 0.0222. The first kappa shape index (κ1) is 87.1. The predicted octanol–water partition coefficient (Wildman–Crippen LogP) is 19.7. The lowest BCUT2D eigenvalue weighted by molar-refractivity contribution is -0.161. The molecule has 0 aliphatic rings. The largest absolute Gasteiger partial charge is 0.472 e. The third-order valence-corrected chi connectivity index (χ3v) is 18.7. The van der Waals surface area contributed by atoms with Crippen LogP contribution >= 0.6 is 15.6 Å². The van der Waals surface area contributed by atoms with E-state index in [1.165, 1.54) is 148 Å². The van der Waals surface area contributed by atoms with Gasteiger partial charge < -0.3 is 33.8 Å². The van der Waals surface area contributed by atoms with Crippen molar-refractivity contribution in [2.24, 2.45) is 23.7 Å². The van der Waals surface area contributed by atoms with E-state index in [1.54, 1.807) is 0 Å². The van der Waals surface area contributed by atoms with Crippen LogP contribution in [0, 0.1) is 23.7 Å². The molecule has 0 amide bonds. The average Bonchev–Trinajstić information content (AvgIpc) is 3.69. The first-order valence-electron chi connectivity index (χ1n) is 36.3. The number of carbonyl (C=O) groups is 4. The lowest BCUT2D eigenvalue weighted by Gasteiger charge is -2.21. The molecule has 0 bridgehead atoms. The molecule has 0 aromatic carbocycles. The van der Waals surface area contributed by atoms with Crippen LogP contribution in [0.4, 0.5) is 0 Å². The number of phosphoric ester groups is 2. The van der Waals surface area contributed by atoms with Crippen LogP contribution in [0.3, 0.4) is 0 Å². The molecule has 0 aromatic heterocycles. The number of hydrogen-bond acceptors (Lipinski definition) is 15. The van der Waals surface area contributed by atoms with E-state index in [-0.39, 0.29) is 25.7 Å². The van der Waals surface area contributed by atoms with E-state index in [0.29, 0.717) is 25.7 Å². The van der Waals surface area contributed by atoms with E-state index < -0.39 is 97.5 Å². The summed E-state index contributed by atoms with van der Waals surface area (Å²) in [5.41, 5.74) is 0. The van der Waals surface area contributed by atoms with Gasteiger partial charge in [-0.05, 0) is 49.4 Å². The summed E-state index contributed by atoms with van der Waals surface area (Å²) in [5, 5.41) is 10.6. The molecule has 0 spiro atoms. The summed E-state index contributed by atoms with van der Waals surface area (Å²) in [6.07, 6.45) is 41.6. The fraction of sp³-hybridized carbons (Fsp3) is 0.943. The van der Waals surface area contributed by atoms with Crippen molar-refractivity contribution < 1.29 is 80.2 Å². The number of phosphoric acid groups is 2. The molecule has 0 saturated heterocycles. The minimum atomic E-state index is -4.95. The van der Waals surface area contributed by atoms with Gasteiger partial charge in [-0.2, -0.15) is 0 Å². The highest BCUT2D eigenvalue weighted by Gasteiger charge is 2.30. The van der Waals surface area contributed by atoms with E-state index in [2.05, 4.69) is 55.4 Å². The molecule has 0 aliphatic heterocycles. The normalized spacial score (nSPS) is 14.9. The van der Waals surface area contributed by atoms with Gasteiger partial charge in [0.2, 0.25) is 0 Å². The Labute approximate surface area is 543 Å². The molecule has 3 N–H and O–H groups in total. The van der Waals surface area contributed by atoms with E-state index in [0.717, 1.165) is 114 Å². The lowest BCUT2D eigenvalue weighted by atomic mass is 9.99. The molecule has 0 saturated carbocycles. The SMILES string of the molecule is CCC(C)CCCCCCCCCCCCC(=O)O[C@H](COC(=O)CCCCCCCCCCC(C)CC)COP(=O)(O)OCC(O)COP(=O)(O)OC[C@@H](COC(=O)CCCCCCCCCCC(C)C)OC(=O)CCCCCCCCCCCC(C)C. The van der Waals surface area contributed by atoms with E-state index in [9.17, 15) is 43.2 Å². The van der Waals surface area contributed by atoms with Crippen molar-refractivity contribution in [1.29, 1.82) is 0 Å². The van der Waals surface area contributed by atoms with Crippen LogP contribution in [0.2, 0.25) is 0 Å². The van der Waals surface area contributed by atoms with Crippen molar-refractivity contribution in [3.8, 4) is 0 Å². The molecule has 89 heavy (non-hydrogen) atoms. The van der Waals surface area contributed by atoms with Gasteiger partial charge in [-0.15, -0.1) is 0 Å². The third kappa shape index (κ3) is 62.0. The summed E-state index contributed by atoms with van der Waals surface area (Å²) in [6, 6.07) is 0. The van der Waals surface area contributed by atoms with Gasteiger partial charge in [-0.1, -0.05) is 293 Å². The Hall–Kier alpha value is -1.94. The van der Waals surface area contributed by atoms with E-state index >= 15 is 0 Å². The first-order chi connectivity index (χ1) is 42.7. The Balaban J connectivity index is 5.28. The van der Waals surface area contributed by atoms with E-state index in [1.807, 2.05) is 0 Å². The number of aliphatic hydroxyl groups excluding tert-OH is 1. The van der Waals surface area contributed by atoms with Gasteiger partial charge in [0.15, 0.2) is 12.2 Å². The number of hydrogen-bond donors (Lipinski definition) is 3. The van der Waals surface area contributed by atoms with E-state index in [4.69, 9.17) is 37.0 Å². The molecule has 0 radical (unpaired) electrons. The highest BCUT2D eigenvalue weighted by atomic mass is 31.2. The van der Waals surface area contributed by atoms with Gasteiger partial charge in [0.05, 0.1) is 26.4 Å². The van der Waals surface area contributed by atoms with Crippen LogP contribution in [0.1, 0.15) is 344 Å². The zero-order valence-electron chi connectivity index (χ0n) is 58.1. The molecular formula is C70H136O17P2. The highest BCUT2D eigenvalue weighted by Crippen LogP contribution is 2.45. The van der Waals surface area contributed by atoms with Crippen LogP contribution in [0.15, 0.2) is 0 Å². The summed E-state index contributed by atoms with van der Waals surface area (Å²) in [6.45, 7) is 14.1. The van der Waals surface area contributed by atoms with Crippen LogP contribution in [0.25, 0.3) is 0 Å². The number of rotatable bonds is 67. The highest BCUT2D eigenvalue weighted by molar-refractivity contribution is 7.47. The topological polar surface area (TPSA) is 237 Å². The summed E-state index contributed by atoms with van der Waals surface area (Å²) < 4.78 is 68.3. The molecule has 17 nitrogen and oxygen atoms in total. The zero-order chi connectivity index (χ0) is 66.1. The molecule has 0 heterocycles. The van der Waals surface area contributed by atoms with Gasteiger partial charge in [0, 0.05) is 25.7 Å². The molecule has 19 heteroatoms. The Bertz CT molecular complexity index is 1770. The second-order valence-electron chi connectivity index (χ2n) is 26.7. The van der Waals surface area contributed by atoms with Crippen molar-refractivity contribution in [3.05, 3.63) is 0 Å². The molecule has 0 aliphatic carbocycles. The number of ether oxygens (including phenoxy) is 4. The second-order valence-corrected chi connectivity index (χ2v) is 29.6. The third-order valence-electron chi connectivity index (χ3n) is 16.8. The zero-order valence-corrected chi connectivity index (χ0v) is 59.8. The minimum absolute atomic E-state index is 0.104. The Morgan fingerprint density at radius 3 is 0.798 bits per heavy atom. The summed E-state index contributed by atoms with van der Waals surface area (Å²) in [4.78, 5) is 72.6. The lowest BCUT2D eigenvalue weighted by Crippen LogP contribution is -2.30. The maximum absolute atomic E-state index is 13.0. The van der Waals surface area contributed by atoms with Crippen LogP contribution in [-0.2, 0) is 65.4 Å². The summed E-state index contributed by atoms with van der Waals surface area (Å²) >= 11 is 0. The summed E-state index contributed by atoms with van der Waals surface area (Å²) in [7, 11) is -9.90. The monoisotopic (exact) mass is 1310 g/mol. The maximum atomic E-state index is 13.0. The van der Waals surface area contributed by atoms with Crippen LogP contribution < -0.4 is 0 Å². The van der Waals surface area contributed by atoms with Gasteiger partial charge in [-0.3, -0.25) is 37.3 Å². The molecule has 7 atom stereocenters. The number of unbranched alkanes of at least 4 members (excludes halogenated alkanes) is 31. The molecule has 5 unspecified atom stereocenters. The van der Waals surface area contributed by atoms with Crippen molar-refractivity contribution >= 4 is 39.5 Å². The van der Waals surface area contributed by atoms with Crippen LogP contribution in [-0.4, -0.2) is 96.7 Å². The predicted molar refractivity (Wildman–Crippen MR) is 358 cm³/mol. The molecule has 0 aromatic rings. The van der Waals surface area contributed by atoms with Crippen molar-refractivity contribution in [2.75, 3.05) is 39.6 Å². The average molecular weight is 1310 g/mol. The number of esters is 4. The van der Waals surface area contributed by atoms with Gasteiger partial charge in [0.1, 0.15) is 19.3 Å². The smallest absolute Gasteiger partial charge is 0.462 e. The van der Waals surface area contributed by atoms with Gasteiger partial charge >= 0.3 is 39.5 Å². The molecular weight excluding hydrogens is 1170 g/mol. The number of aliphatic hydroxyl groups is 1. The molecule has 0 fully saturated rings. The maximum Gasteiger partial charge on any atom is 0.472 e.